The third-order valence-corrected chi connectivity index (χ3v) is 4.52. The van der Waals surface area contributed by atoms with Gasteiger partial charge in [-0.05, 0) is 31.5 Å². The summed E-state index contributed by atoms with van der Waals surface area (Å²) >= 11 is 0. The normalized spacial score (nSPS) is 14.3. The molecule has 11 heteroatoms. The Balaban J connectivity index is 0.000000246. The maximum absolute atomic E-state index is 11.1. The second kappa shape index (κ2) is 14.3. The van der Waals surface area contributed by atoms with Crippen molar-refractivity contribution >= 4 is 17.6 Å². The number of rotatable bonds is 9. The van der Waals surface area contributed by atoms with Crippen LogP contribution in [0.2, 0.25) is 0 Å². The van der Waals surface area contributed by atoms with Gasteiger partial charge in [-0.1, -0.05) is 40.6 Å². The largest absolute Gasteiger partial charge is 0.494 e. The number of carbonyl (C=O) groups is 1. The second-order valence-electron chi connectivity index (χ2n) is 6.95. The van der Waals surface area contributed by atoms with Crippen LogP contribution in [0.1, 0.15) is 42.7 Å². The van der Waals surface area contributed by atoms with Crippen LogP contribution in [0.3, 0.4) is 0 Å². The molecule has 1 aliphatic rings. The van der Waals surface area contributed by atoms with Crippen molar-refractivity contribution in [1.82, 2.24) is 0 Å². The van der Waals surface area contributed by atoms with Crippen molar-refractivity contribution in [2.24, 2.45) is 21.8 Å². The number of oxime groups is 2. The van der Waals surface area contributed by atoms with Crippen LogP contribution in [0.4, 0.5) is 0 Å². The first-order chi connectivity index (χ1) is 16.5. The molecule has 0 amide bonds. The Bertz CT molecular complexity index is 975. The number of nitrogens with zero attached hydrogens (tertiary/aromatic N) is 2. The SMILES string of the molecule is CCOC(=O)CCCOc1cccc(C(N)=NO)c1.NC(=NO)c1cccc(C2OCCO2)c1. The van der Waals surface area contributed by atoms with Crippen LogP contribution >= 0.6 is 0 Å². The summed E-state index contributed by atoms with van der Waals surface area (Å²) < 4.78 is 21.0. The Labute approximate surface area is 197 Å². The summed E-state index contributed by atoms with van der Waals surface area (Å²) in [7, 11) is 0. The summed E-state index contributed by atoms with van der Waals surface area (Å²) in [6, 6.07) is 14.1. The number of benzene rings is 2. The molecule has 2 aromatic rings. The van der Waals surface area contributed by atoms with Crippen LogP contribution in [0.5, 0.6) is 5.75 Å². The van der Waals surface area contributed by atoms with Gasteiger partial charge in [-0.2, -0.15) is 0 Å². The number of hydrogen-bond donors (Lipinski definition) is 4. The van der Waals surface area contributed by atoms with E-state index in [9.17, 15) is 4.79 Å². The third-order valence-electron chi connectivity index (χ3n) is 4.52. The lowest BCUT2D eigenvalue weighted by molar-refractivity contribution is -0.143. The zero-order valence-electron chi connectivity index (χ0n) is 18.9. The highest BCUT2D eigenvalue weighted by Crippen LogP contribution is 2.23. The minimum absolute atomic E-state index is 0.0250. The van der Waals surface area contributed by atoms with Gasteiger partial charge in [0, 0.05) is 23.1 Å². The summed E-state index contributed by atoms with van der Waals surface area (Å²) in [5, 5.41) is 23.0. The molecule has 0 spiro atoms. The number of nitrogens with two attached hydrogens (primary N) is 2. The van der Waals surface area contributed by atoms with Crippen molar-refractivity contribution in [2.75, 3.05) is 26.4 Å². The molecule has 184 valence electrons. The van der Waals surface area contributed by atoms with Crippen molar-refractivity contribution in [3.63, 3.8) is 0 Å². The maximum atomic E-state index is 11.1. The molecule has 0 atom stereocenters. The van der Waals surface area contributed by atoms with Crippen molar-refractivity contribution in [1.29, 1.82) is 0 Å². The standard InChI is InChI=1S/C13H18N2O4.C10H12N2O3/c1-2-18-12(16)7-4-8-19-11-6-3-5-10(9-11)13(14)15-17;11-9(12-13)7-2-1-3-8(6-7)10-14-4-5-15-10/h3,5-6,9,17H,2,4,7-8H2,1H3,(H2,14,15);1-3,6,10,13H,4-5H2,(H2,11,12). The van der Waals surface area contributed by atoms with Gasteiger partial charge < -0.3 is 40.8 Å². The maximum Gasteiger partial charge on any atom is 0.305 e. The van der Waals surface area contributed by atoms with E-state index in [1.165, 1.54) is 0 Å². The van der Waals surface area contributed by atoms with E-state index in [4.69, 9.17) is 40.8 Å². The summed E-state index contributed by atoms with van der Waals surface area (Å²) in [6.45, 7) is 3.75. The first-order valence-electron chi connectivity index (χ1n) is 10.7. The van der Waals surface area contributed by atoms with Crippen molar-refractivity contribution in [3.05, 3.63) is 65.2 Å². The highest BCUT2D eigenvalue weighted by atomic mass is 16.7. The van der Waals surface area contributed by atoms with Gasteiger partial charge in [0.2, 0.25) is 0 Å². The predicted octanol–water partition coefficient (Wildman–Crippen LogP) is 2.33. The van der Waals surface area contributed by atoms with E-state index in [-0.39, 0.29) is 23.9 Å². The quantitative estimate of drug-likeness (QED) is 0.106. The molecule has 1 heterocycles. The van der Waals surface area contributed by atoms with Crippen LogP contribution in [0, 0.1) is 0 Å². The van der Waals surface area contributed by atoms with Crippen molar-refractivity contribution in [2.45, 2.75) is 26.1 Å². The number of carbonyl (C=O) groups excluding carboxylic acids is 1. The Kier molecular flexibility index (Phi) is 11.1. The topological polar surface area (TPSA) is 171 Å². The van der Waals surface area contributed by atoms with E-state index < -0.39 is 0 Å². The monoisotopic (exact) mass is 474 g/mol. The molecule has 1 aliphatic heterocycles. The molecule has 2 aromatic carbocycles. The van der Waals surface area contributed by atoms with E-state index in [0.29, 0.717) is 56.1 Å². The molecule has 34 heavy (non-hydrogen) atoms. The van der Waals surface area contributed by atoms with Crippen LogP contribution in [0.25, 0.3) is 0 Å². The highest BCUT2D eigenvalue weighted by molar-refractivity contribution is 5.97. The summed E-state index contributed by atoms with van der Waals surface area (Å²) in [5.74, 6) is 0.483. The lowest BCUT2D eigenvalue weighted by Gasteiger charge is -2.10. The van der Waals surface area contributed by atoms with Crippen LogP contribution in [-0.4, -0.2) is 54.5 Å². The Morgan fingerprint density at radius 3 is 2.26 bits per heavy atom. The lowest BCUT2D eigenvalue weighted by atomic mass is 10.1. The molecule has 0 saturated carbocycles. The number of hydrogen-bond acceptors (Lipinski definition) is 9. The molecule has 0 bridgehead atoms. The van der Waals surface area contributed by atoms with Gasteiger partial charge in [0.15, 0.2) is 18.0 Å². The average Bonchev–Trinajstić information content (AvgIpc) is 3.42. The fourth-order valence-electron chi connectivity index (χ4n) is 2.90. The molecule has 1 saturated heterocycles. The molecule has 3 rings (SSSR count). The van der Waals surface area contributed by atoms with E-state index in [1.807, 2.05) is 12.1 Å². The zero-order chi connectivity index (χ0) is 24.8. The first kappa shape index (κ1) is 26.4. The van der Waals surface area contributed by atoms with Crippen LogP contribution in [0.15, 0.2) is 58.8 Å². The number of ether oxygens (including phenoxy) is 4. The van der Waals surface area contributed by atoms with Gasteiger partial charge in [-0.3, -0.25) is 4.79 Å². The molecule has 0 aromatic heterocycles. The van der Waals surface area contributed by atoms with Crippen LogP contribution in [-0.2, 0) is 19.0 Å². The van der Waals surface area contributed by atoms with Gasteiger partial charge in [-0.15, -0.1) is 0 Å². The van der Waals surface area contributed by atoms with E-state index >= 15 is 0 Å². The van der Waals surface area contributed by atoms with Gasteiger partial charge in [0.05, 0.1) is 26.4 Å². The van der Waals surface area contributed by atoms with E-state index in [2.05, 4.69) is 10.3 Å². The summed E-state index contributed by atoms with van der Waals surface area (Å²) in [6.07, 6.45) is 0.567. The van der Waals surface area contributed by atoms with Gasteiger partial charge in [-0.25, -0.2) is 0 Å². The zero-order valence-corrected chi connectivity index (χ0v) is 18.9. The first-order valence-corrected chi connectivity index (χ1v) is 10.7. The fourth-order valence-corrected chi connectivity index (χ4v) is 2.90. The van der Waals surface area contributed by atoms with Crippen LogP contribution < -0.4 is 16.2 Å². The second-order valence-corrected chi connectivity index (χ2v) is 6.95. The predicted molar refractivity (Wildman–Crippen MR) is 124 cm³/mol. The fraction of sp³-hybridized carbons (Fsp3) is 0.348. The molecule has 11 nitrogen and oxygen atoms in total. The average molecular weight is 475 g/mol. The minimum Gasteiger partial charge on any atom is -0.494 e. The summed E-state index contributed by atoms with van der Waals surface area (Å²) in [5.41, 5.74) is 13.0. The molecular formula is C23H30N4O7. The van der Waals surface area contributed by atoms with Crippen molar-refractivity contribution < 1.29 is 34.2 Å². The van der Waals surface area contributed by atoms with Gasteiger partial charge in [0.1, 0.15) is 5.75 Å². The van der Waals surface area contributed by atoms with E-state index in [1.54, 1.807) is 43.3 Å². The number of esters is 1. The molecule has 1 fully saturated rings. The molecule has 0 radical (unpaired) electrons. The molecule has 0 aliphatic carbocycles. The number of amidine groups is 2. The highest BCUT2D eigenvalue weighted by Gasteiger charge is 2.18. The Morgan fingerprint density at radius 1 is 1.03 bits per heavy atom. The third kappa shape index (κ3) is 8.60. The Morgan fingerprint density at radius 2 is 1.65 bits per heavy atom. The smallest absolute Gasteiger partial charge is 0.305 e. The molecule has 6 N–H and O–H groups in total. The minimum atomic E-state index is -0.337. The van der Waals surface area contributed by atoms with Gasteiger partial charge >= 0.3 is 5.97 Å². The summed E-state index contributed by atoms with van der Waals surface area (Å²) in [4.78, 5) is 11.1. The Hall–Kier alpha value is -3.83. The molecular weight excluding hydrogens is 444 g/mol. The molecule has 0 unspecified atom stereocenters. The van der Waals surface area contributed by atoms with Crippen molar-refractivity contribution in [3.8, 4) is 5.75 Å². The van der Waals surface area contributed by atoms with Gasteiger partial charge in [0.25, 0.3) is 0 Å². The van der Waals surface area contributed by atoms with E-state index in [0.717, 1.165) is 5.56 Å². The lowest BCUT2D eigenvalue weighted by Crippen LogP contribution is -2.13.